The van der Waals surface area contributed by atoms with Crippen LogP contribution in [0.5, 0.6) is 0 Å². The van der Waals surface area contributed by atoms with Gasteiger partial charge in [0, 0.05) is 7.05 Å². The number of carbonyl (C=O) groups is 1. The minimum absolute atomic E-state index is 0.0718. The van der Waals surface area contributed by atoms with Gasteiger partial charge in [-0.15, -0.1) is 0 Å². The van der Waals surface area contributed by atoms with Gasteiger partial charge in [0.15, 0.2) is 0 Å². The van der Waals surface area contributed by atoms with Crippen molar-refractivity contribution in [1.82, 2.24) is 5.32 Å². The van der Waals surface area contributed by atoms with Crippen LogP contribution < -0.4 is 11.1 Å². The Balaban J connectivity index is 2.61. The van der Waals surface area contributed by atoms with Crippen LogP contribution in [-0.4, -0.2) is 18.5 Å². The molecule has 3 N–H and O–H groups in total. The second-order valence-corrected chi connectivity index (χ2v) is 2.61. The molecule has 10 heavy (non-hydrogen) atoms. The monoisotopic (exact) mass is 140 g/mol. The van der Waals surface area contributed by atoms with Crippen LogP contribution in [0, 0.1) is 0 Å². The van der Waals surface area contributed by atoms with Gasteiger partial charge in [0.2, 0.25) is 5.91 Å². The van der Waals surface area contributed by atoms with Crippen molar-refractivity contribution in [3.05, 3.63) is 12.2 Å². The number of carbonyl (C=O) groups excluding carboxylic acids is 1. The smallest absolute Gasteiger partial charge is 0.240 e. The lowest BCUT2D eigenvalue weighted by Gasteiger charge is -2.20. The van der Waals surface area contributed by atoms with E-state index in [4.69, 9.17) is 5.73 Å². The van der Waals surface area contributed by atoms with Gasteiger partial charge in [-0.2, -0.15) is 0 Å². The lowest BCUT2D eigenvalue weighted by atomic mass is 9.97. The van der Waals surface area contributed by atoms with Gasteiger partial charge in [-0.1, -0.05) is 12.2 Å². The quantitative estimate of drug-likeness (QED) is 0.495. The van der Waals surface area contributed by atoms with Crippen LogP contribution in [-0.2, 0) is 4.79 Å². The van der Waals surface area contributed by atoms with E-state index in [0.29, 0.717) is 12.8 Å². The maximum atomic E-state index is 11.1. The van der Waals surface area contributed by atoms with E-state index in [9.17, 15) is 4.79 Å². The summed E-state index contributed by atoms with van der Waals surface area (Å²) in [4.78, 5) is 11.1. The summed E-state index contributed by atoms with van der Waals surface area (Å²) in [5.41, 5.74) is 5.08. The van der Waals surface area contributed by atoms with Gasteiger partial charge in [-0.05, 0) is 12.8 Å². The van der Waals surface area contributed by atoms with E-state index in [1.165, 1.54) is 0 Å². The summed E-state index contributed by atoms with van der Waals surface area (Å²) in [6.45, 7) is 0. The first-order valence-corrected chi connectivity index (χ1v) is 3.35. The topological polar surface area (TPSA) is 55.1 Å². The van der Waals surface area contributed by atoms with Crippen molar-refractivity contribution in [3.63, 3.8) is 0 Å². The molecule has 0 aromatic carbocycles. The zero-order valence-electron chi connectivity index (χ0n) is 6.05. The Bertz CT molecular complexity index is 166. The van der Waals surface area contributed by atoms with Crippen molar-refractivity contribution >= 4 is 5.91 Å². The molecule has 0 bridgehead atoms. The maximum absolute atomic E-state index is 11.1. The average Bonchev–Trinajstić information content (AvgIpc) is 2.36. The largest absolute Gasteiger partial charge is 0.358 e. The van der Waals surface area contributed by atoms with Gasteiger partial charge in [0.25, 0.3) is 0 Å². The molecule has 0 saturated heterocycles. The Morgan fingerprint density at radius 2 is 2.10 bits per heavy atom. The Hall–Kier alpha value is -0.830. The molecule has 0 fully saturated rings. The highest BCUT2D eigenvalue weighted by Gasteiger charge is 2.33. The second-order valence-electron chi connectivity index (χ2n) is 2.61. The molecule has 0 atom stereocenters. The van der Waals surface area contributed by atoms with Crippen LogP contribution in [0.2, 0.25) is 0 Å². The van der Waals surface area contributed by atoms with Gasteiger partial charge in [0.05, 0.1) is 0 Å². The normalized spacial score (nSPS) is 21.0. The molecule has 56 valence electrons. The summed E-state index contributed by atoms with van der Waals surface area (Å²) in [6, 6.07) is 0. The molecule has 3 nitrogen and oxygen atoms in total. The van der Waals surface area contributed by atoms with Crippen molar-refractivity contribution in [2.24, 2.45) is 5.73 Å². The fourth-order valence-electron chi connectivity index (χ4n) is 1.10. The first kappa shape index (κ1) is 7.28. The zero-order valence-corrected chi connectivity index (χ0v) is 6.05. The molecular weight excluding hydrogens is 128 g/mol. The summed E-state index contributed by atoms with van der Waals surface area (Å²) in [5.74, 6) is -0.0718. The number of likely N-dealkylation sites (N-methyl/N-ethyl adjacent to an activating group) is 1. The highest BCUT2D eigenvalue weighted by atomic mass is 16.2. The van der Waals surface area contributed by atoms with Crippen LogP contribution in [0.3, 0.4) is 0 Å². The summed E-state index contributed by atoms with van der Waals surface area (Å²) in [6.07, 6.45) is 5.20. The number of hydrogen-bond donors (Lipinski definition) is 2. The minimum Gasteiger partial charge on any atom is -0.358 e. The molecule has 0 saturated carbocycles. The highest BCUT2D eigenvalue weighted by molar-refractivity contribution is 5.86. The molecule has 1 rings (SSSR count). The molecule has 0 spiro atoms. The SMILES string of the molecule is CNC(=O)C1(N)CC=CC1. The molecule has 0 aromatic heterocycles. The van der Waals surface area contributed by atoms with E-state index >= 15 is 0 Å². The Labute approximate surface area is 60.3 Å². The third-order valence-corrected chi connectivity index (χ3v) is 1.81. The summed E-state index contributed by atoms with van der Waals surface area (Å²) in [5, 5.41) is 2.54. The predicted octanol–water partition coefficient (Wildman–Crippen LogP) is -0.220. The Kier molecular flexibility index (Phi) is 1.76. The second kappa shape index (κ2) is 2.42. The Morgan fingerprint density at radius 3 is 2.50 bits per heavy atom. The van der Waals surface area contributed by atoms with E-state index in [1.807, 2.05) is 12.2 Å². The van der Waals surface area contributed by atoms with Gasteiger partial charge < -0.3 is 11.1 Å². The van der Waals surface area contributed by atoms with Crippen molar-refractivity contribution in [1.29, 1.82) is 0 Å². The number of hydrogen-bond acceptors (Lipinski definition) is 2. The van der Waals surface area contributed by atoms with Crippen LogP contribution >= 0.6 is 0 Å². The molecule has 0 aromatic rings. The molecule has 1 aliphatic rings. The van der Waals surface area contributed by atoms with Crippen molar-refractivity contribution in [3.8, 4) is 0 Å². The molecule has 1 amide bonds. The molecule has 0 heterocycles. The van der Waals surface area contributed by atoms with Gasteiger partial charge >= 0.3 is 0 Å². The lowest BCUT2D eigenvalue weighted by molar-refractivity contribution is -0.125. The minimum atomic E-state index is -0.658. The van der Waals surface area contributed by atoms with Crippen LogP contribution in [0.4, 0.5) is 0 Å². The van der Waals surface area contributed by atoms with Crippen LogP contribution in [0.25, 0.3) is 0 Å². The molecule has 0 aliphatic heterocycles. The fourth-order valence-corrected chi connectivity index (χ4v) is 1.10. The maximum Gasteiger partial charge on any atom is 0.240 e. The van der Waals surface area contributed by atoms with E-state index in [2.05, 4.69) is 5.32 Å². The summed E-state index contributed by atoms with van der Waals surface area (Å²) >= 11 is 0. The predicted molar refractivity (Wildman–Crippen MR) is 39.4 cm³/mol. The molecule has 1 aliphatic carbocycles. The summed E-state index contributed by atoms with van der Waals surface area (Å²) in [7, 11) is 1.61. The molecule has 0 unspecified atom stereocenters. The van der Waals surface area contributed by atoms with Crippen molar-refractivity contribution in [2.75, 3.05) is 7.05 Å². The molecule has 3 heteroatoms. The number of nitrogens with one attached hydrogen (secondary N) is 1. The average molecular weight is 140 g/mol. The van der Waals surface area contributed by atoms with Gasteiger partial charge in [-0.25, -0.2) is 0 Å². The lowest BCUT2D eigenvalue weighted by Crippen LogP contribution is -2.51. The molecule has 0 radical (unpaired) electrons. The van der Waals surface area contributed by atoms with E-state index in [-0.39, 0.29) is 5.91 Å². The number of rotatable bonds is 1. The van der Waals surface area contributed by atoms with Gasteiger partial charge in [0.1, 0.15) is 5.54 Å². The van der Waals surface area contributed by atoms with Gasteiger partial charge in [-0.3, -0.25) is 4.79 Å². The van der Waals surface area contributed by atoms with Crippen molar-refractivity contribution in [2.45, 2.75) is 18.4 Å². The number of amides is 1. The van der Waals surface area contributed by atoms with E-state index < -0.39 is 5.54 Å². The fraction of sp³-hybridized carbons (Fsp3) is 0.571. The first-order chi connectivity index (χ1) is 4.69. The first-order valence-electron chi connectivity index (χ1n) is 3.35. The Morgan fingerprint density at radius 1 is 1.60 bits per heavy atom. The van der Waals surface area contributed by atoms with Crippen LogP contribution in [0.15, 0.2) is 12.2 Å². The van der Waals surface area contributed by atoms with E-state index in [1.54, 1.807) is 7.05 Å². The molecular formula is C7H12N2O. The zero-order chi connectivity index (χ0) is 7.61. The highest BCUT2D eigenvalue weighted by Crippen LogP contribution is 2.20. The van der Waals surface area contributed by atoms with Crippen LogP contribution in [0.1, 0.15) is 12.8 Å². The number of nitrogens with two attached hydrogens (primary N) is 1. The third-order valence-electron chi connectivity index (χ3n) is 1.81. The summed E-state index contributed by atoms with van der Waals surface area (Å²) < 4.78 is 0. The third kappa shape index (κ3) is 1.04. The van der Waals surface area contributed by atoms with Crippen molar-refractivity contribution < 1.29 is 4.79 Å². The standard InChI is InChI=1S/C7H12N2O/c1-9-6(10)7(8)4-2-3-5-7/h2-3H,4-5,8H2,1H3,(H,9,10). The van der Waals surface area contributed by atoms with E-state index in [0.717, 1.165) is 0 Å².